The van der Waals surface area contributed by atoms with Crippen molar-refractivity contribution in [3.8, 4) is 0 Å². The molecule has 0 spiro atoms. The molecule has 7 nitrogen and oxygen atoms in total. The molecule has 1 N–H and O–H groups in total. The van der Waals surface area contributed by atoms with Gasteiger partial charge in [-0.25, -0.2) is 8.42 Å². The molecule has 0 aromatic heterocycles. The maximum absolute atomic E-state index is 13.8. The fourth-order valence-corrected chi connectivity index (χ4v) is 5.78. The lowest BCUT2D eigenvalue weighted by Gasteiger charge is -2.33. The van der Waals surface area contributed by atoms with Crippen LogP contribution < -0.4 is 9.62 Å². The molecule has 0 saturated carbocycles. The van der Waals surface area contributed by atoms with Gasteiger partial charge in [0.05, 0.1) is 20.6 Å². The van der Waals surface area contributed by atoms with E-state index >= 15 is 0 Å². The van der Waals surface area contributed by atoms with Crippen LogP contribution in [0.1, 0.15) is 24.5 Å². The van der Waals surface area contributed by atoms with E-state index in [1.54, 1.807) is 25.1 Å². The van der Waals surface area contributed by atoms with Gasteiger partial charge in [0.1, 0.15) is 12.6 Å². The molecule has 37 heavy (non-hydrogen) atoms. The Morgan fingerprint density at radius 2 is 1.59 bits per heavy atom. The van der Waals surface area contributed by atoms with E-state index in [0.717, 1.165) is 15.4 Å². The number of carbonyl (C=O) groups is 2. The van der Waals surface area contributed by atoms with Gasteiger partial charge in [-0.15, -0.1) is 0 Å². The summed E-state index contributed by atoms with van der Waals surface area (Å²) in [7, 11) is -2.73. The van der Waals surface area contributed by atoms with Crippen LogP contribution in [0, 0.1) is 6.92 Å². The lowest BCUT2D eigenvalue weighted by atomic mass is 10.1. The van der Waals surface area contributed by atoms with Crippen LogP contribution in [0.2, 0.25) is 10.0 Å². The number of amides is 2. The van der Waals surface area contributed by atoms with Crippen LogP contribution in [0.25, 0.3) is 0 Å². The van der Waals surface area contributed by atoms with Gasteiger partial charge in [-0.05, 0) is 43.2 Å². The molecule has 0 aliphatic carbocycles. The zero-order valence-electron chi connectivity index (χ0n) is 20.8. The van der Waals surface area contributed by atoms with Crippen LogP contribution in [-0.2, 0) is 26.2 Å². The summed E-state index contributed by atoms with van der Waals surface area (Å²) in [5.74, 6) is -0.911. The zero-order valence-corrected chi connectivity index (χ0v) is 23.1. The molecule has 3 aromatic rings. The van der Waals surface area contributed by atoms with Crippen molar-refractivity contribution in [3.05, 3.63) is 94.0 Å². The van der Waals surface area contributed by atoms with E-state index in [4.69, 9.17) is 23.2 Å². The van der Waals surface area contributed by atoms with Gasteiger partial charge in [0.15, 0.2) is 0 Å². The Morgan fingerprint density at radius 1 is 0.946 bits per heavy atom. The Hall–Kier alpha value is -3.07. The molecule has 1 atom stereocenters. The van der Waals surface area contributed by atoms with E-state index < -0.39 is 28.5 Å². The van der Waals surface area contributed by atoms with Gasteiger partial charge in [0, 0.05) is 13.6 Å². The number of nitrogens with zero attached hydrogens (tertiary/aromatic N) is 2. The third kappa shape index (κ3) is 6.63. The van der Waals surface area contributed by atoms with Gasteiger partial charge < -0.3 is 10.2 Å². The van der Waals surface area contributed by atoms with Crippen molar-refractivity contribution in [3.63, 3.8) is 0 Å². The first-order valence-corrected chi connectivity index (χ1v) is 13.9. The first-order valence-electron chi connectivity index (χ1n) is 11.7. The SMILES string of the molecule is CC[C@@H](C(=O)NC)N(Cc1ccccc1)C(=O)CN(c1cccc(Cl)c1Cl)S(=O)(=O)c1ccc(C)cc1. The molecule has 0 bridgehead atoms. The Bertz CT molecular complexity index is 1350. The van der Waals surface area contributed by atoms with Crippen molar-refractivity contribution in [2.45, 2.75) is 37.8 Å². The van der Waals surface area contributed by atoms with E-state index in [9.17, 15) is 18.0 Å². The van der Waals surface area contributed by atoms with Crippen LogP contribution in [0.3, 0.4) is 0 Å². The van der Waals surface area contributed by atoms with Crippen LogP contribution in [-0.4, -0.2) is 44.8 Å². The molecule has 3 rings (SSSR count). The van der Waals surface area contributed by atoms with Crippen molar-refractivity contribution in [2.75, 3.05) is 17.9 Å². The first kappa shape index (κ1) is 28.5. The average molecular weight is 563 g/mol. The molecular weight excluding hydrogens is 533 g/mol. The first-order chi connectivity index (χ1) is 17.6. The summed E-state index contributed by atoms with van der Waals surface area (Å²) >= 11 is 12.6. The predicted molar refractivity (Wildman–Crippen MR) is 147 cm³/mol. The summed E-state index contributed by atoms with van der Waals surface area (Å²) in [5, 5.41) is 2.74. The Kier molecular flexibility index (Phi) is 9.59. The molecule has 0 saturated heterocycles. The minimum Gasteiger partial charge on any atom is -0.357 e. The molecule has 196 valence electrons. The molecule has 0 aliphatic heterocycles. The summed E-state index contributed by atoms with van der Waals surface area (Å²) < 4.78 is 28.6. The summed E-state index contributed by atoms with van der Waals surface area (Å²) in [5.41, 5.74) is 1.75. The number of nitrogens with one attached hydrogen (secondary N) is 1. The molecule has 0 aliphatic rings. The van der Waals surface area contributed by atoms with E-state index in [1.807, 2.05) is 37.3 Å². The van der Waals surface area contributed by atoms with Gasteiger partial charge in [0.25, 0.3) is 10.0 Å². The van der Waals surface area contributed by atoms with Gasteiger partial charge >= 0.3 is 0 Å². The lowest BCUT2D eigenvalue weighted by molar-refractivity contribution is -0.140. The number of halogens is 2. The zero-order chi connectivity index (χ0) is 27.2. The summed E-state index contributed by atoms with van der Waals surface area (Å²) in [4.78, 5) is 27.9. The molecular formula is C27H29Cl2N3O4S. The van der Waals surface area contributed by atoms with Crippen LogP contribution >= 0.6 is 23.2 Å². The van der Waals surface area contributed by atoms with Crippen LogP contribution in [0.4, 0.5) is 5.69 Å². The molecule has 0 fully saturated rings. The van der Waals surface area contributed by atoms with E-state index in [0.29, 0.717) is 6.42 Å². The fourth-order valence-electron chi connectivity index (χ4n) is 3.90. The third-order valence-corrected chi connectivity index (χ3v) is 8.50. The van der Waals surface area contributed by atoms with Crippen molar-refractivity contribution < 1.29 is 18.0 Å². The molecule has 0 unspecified atom stereocenters. The van der Waals surface area contributed by atoms with Crippen molar-refractivity contribution in [1.29, 1.82) is 0 Å². The predicted octanol–water partition coefficient (Wildman–Crippen LogP) is 5.05. The third-order valence-electron chi connectivity index (χ3n) is 5.92. The van der Waals surface area contributed by atoms with E-state index in [-0.39, 0.29) is 33.1 Å². The van der Waals surface area contributed by atoms with Gasteiger partial charge in [-0.2, -0.15) is 0 Å². The van der Waals surface area contributed by atoms with Gasteiger partial charge in [-0.1, -0.05) is 84.2 Å². The van der Waals surface area contributed by atoms with E-state index in [2.05, 4.69) is 5.32 Å². The molecule has 0 heterocycles. The second kappa shape index (κ2) is 12.4. The number of anilines is 1. The van der Waals surface area contributed by atoms with Crippen LogP contribution in [0.5, 0.6) is 0 Å². The maximum atomic E-state index is 13.8. The number of hydrogen-bond donors (Lipinski definition) is 1. The quantitative estimate of drug-likeness (QED) is 0.375. The molecule has 2 amide bonds. The number of rotatable bonds is 10. The van der Waals surface area contributed by atoms with Crippen molar-refractivity contribution in [2.24, 2.45) is 0 Å². The lowest BCUT2D eigenvalue weighted by Crippen LogP contribution is -2.51. The minimum absolute atomic E-state index is 0.000561. The minimum atomic E-state index is -4.23. The highest BCUT2D eigenvalue weighted by molar-refractivity contribution is 7.92. The van der Waals surface area contributed by atoms with E-state index in [1.165, 1.54) is 36.2 Å². The summed E-state index contributed by atoms with van der Waals surface area (Å²) in [6.07, 6.45) is 0.334. The van der Waals surface area contributed by atoms with Crippen molar-refractivity contribution in [1.82, 2.24) is 10.2 Å². The Morgan fingerprint density at radius 3 is 2.19 bits per heavy atom. The number of likely N-dealkylation sites (N-methyl/N-ethyl adjacent to an activating group) is 1. The van der Waals surface area contributed by atoms with Crippen molar-refractivity contribution >= 4 is 50.7 Å². The molecule has 3 aromatic carbocycles. The highest BCUT2D eigenvalue weighted by atomic mass is 35.5. The second-order valence-corrected chi connectivity index (χ2v) is 11.1. The summed E-state index contributed by atoms with van der Waals surface area (Å²) in [6.45, 7) is 3.17. The molecule has 0 radical (unpaired) electrons. The molecule has 10 heteroatoms. The maximum Gasteiger partial charge on any atom is 0.264 e. The number of aryl methyl sites for hydroxylation is 1. The monoisotopic (exact) mass is 561 g/mol. The average Bonchev–Trinajstić information content (AvgIpc) is 2.89. The normalized spacial score (nSPS) is 12.0. The number of hydrogen-bond acceptors (Lipinski definition) is 4. The van der Waals surface area contributed by atoms with Crippen LogP contribution in [0.15, 0.2) is 77.7 Å². The highest BCUT2D eigenvalue weighted by Crippen LogP contribution is 2.35. The van der Waals surface area contributed by atoms with Gasteiger partial charge in [0.2, 0.25) is 11.8 Å². The highest BCUT2D eigenvalue weighted by Gasteiger charge is 2.34. The number of benzene rings is 3. The smallest absolute Gasteiger partial charge is 0.264 e. The topological polar surface area (TPSA) is 86.8 Å². The second-order valence-electron chi connectivity index (χ2n) is 8.44. The fraction of sp³-hybridized carbons (Fsp3) is 0.259. The summed E-state index contributed by atoms with van der Waals surface area (Å²) in [6, 6.07) is 19.3. The Labute approximate surface area is 228 Å². The standard InChI is InChI=1S/C27H29Cl2N3O4S/c1-4-23(27(34)30-3)31(17-20-9-6-5-7-10-20)25(33)18-32(24-12-8-11-22(28)26(24)29)37(35,36)21-15-13-19(2)14-16-21/h5-16,23H,4,17-18H2,1-3H3,(H,30,34)/t23-/m0/s1. The number of sulfonamides is 1. The Balaban J connectivity index is 2.10. The largest absolute Gasteiger partial charge is 0.357 e. The number of carbonyl (C=O) groups excluding carboxylic acids is 2. The van der Waals surface area contributed by atoms with Gasteiger partial charge in [-0.3, -0.25) is 13.9 Å².